The second-order valence-electron chi connectivity index (χ2n) is 6.13. The van der Waals surface area contributed by atoms with Gasteiger partial charge in [-0.05, 0) is 55.9 Å². The maximum atomic E-state index is 12.3. The van der Waals surface area contributed by atoms with Gasteiger partial charge in [-0.2, -0.15) is 0 Å². The summed E-state index contributed by atoms with van der Waals surface area (Å²) in [6.45, 7) is 6.83. The molecular weight excluding hydrogens is 274 g/mol. The van der Waals surface area contributed by atoms with E-state index in [1.807, 2.05) is 6.92 Å². The lowest BCUT2D eigenvalue weighted by atomic mass is 9.92. The van der Waals surface area contributed by atoms with Gasteiger partial charge in [0.05, 0.1) is 11.5 Å². The topological polar surface area (TPSA) is 55.4 Å². The van der Waals surface area contributed by atoms with Gasteiger partial charge in [-0.15, -0.1) is 0 Å². The lowest BCUT2D eigenvalue weighted by molar-refractivity contribution is 0.340. The van der Waals surface area contributed by atoms with Crippen LogP contribution < -0.4 is 9.46 Å². The minimum Gasteiger partial charge on any atom is -0.494 e. The first-order chi connectivity index (χ1) is 9.32. The van der Waals surface area contributed by atoms with Gasteiger partial charge in [0.15, 0.2) is 0 Å². The molecule has 0 bridgehead atoms. The van der Waals surface area contributed by atoms with Gasteiger partial charge in [0.1, 0.15) is 5.75 Å². The Bertz CT molecular complexity index is 549. The van der Waals surface area contributed by atoms with Crippen LogP contribution in [-0.2, 0) is 10.0 Å². The van der Waals surface area contributed by atoms with E-state index in [1.165, 1.54) is 0 Å². The quantitative estimate of drug-likeness (QED) is 0.909. The molecule has 1 fully saturated rings. The fraction of sp³-hybridized carbons (Fsp3) is 0.600. The van der Waals surface area contributed by atoms with Crippen LogP contribution in [0, 0.1) is 5.41 Å². The van der Waals surface area contributed by atoms with E-state index in [0.29, 0.717) is 17.3 Å². The molecule has 112 valence electrons. The number of nitrogens with one attached hydrogen (secondary N) is 1. The number of rotatable bonds is 5. The SMILES string of the molecule is CCOc1ccc(S(=O)(=O)NC2CCC(C)(C)C2)cc1. The average Bonchev–Trinajstić information content (AvgIpc) is 2.69. The molecule has 1 aromatic rings. The van der Waals surface area contributed by atoms with Gasteiger partial charge in [0.25, 0.3) is 0 Å². The summed E-state index contributed by atoms with van der Waals surface area (Å²) >= 11 is 0. The summed E-state index contributed by atoms with van der Waals surface area (Å²) in [5, 5.41) is 0. The number of ether oxygens (including phenoxy) is 1. The Hall–Kier alpha value is -1.07. The van der Waals surface area contributed by atoms with Gasteiger partial charge in [0, 0.05) is 6.04 Å². The smallest absolute Gasteiger partial charge is 0.240 e. The van der Waals surface area contributed by atoms with E-state index in [-0.39, 0.29) is 11.5 Å². The fourth-order valence-corrected chi connectivity index (χ4v) is 3.98. The molecule has 1 saturated carbocycles. The van der Waals surface area contributed by atoms with Crippen molar-refractivity contribution in [1.29, 1.82) is 0 Å². The third-order valence-corrected chi connectivity index (χ3v) is 5.27. The molecule has 5 heteroatoms. The highest BCUT2D eigenvalue weighted by Gasteiger charge is 2.33. The molecule has 0 aliphatic heterocycles. The predicted molar refractivity (Wildman–Crippen MR) is 79.4 cm³/mol. The van der Waals surface area contributed by atoms with Crippen LogP contribution in [0.1, 0.15) is 40.0 Å². The molecule has 1 N–H and O–H groups in total. The van der Waals surface area contributed by atoms with Crippen LogP contribution in [0.15, 0.2) is 29.2 Å². The van der Waals surface area contributed by atoms with E-state index in [2.05, 4.69) is 18.6 Å². The summed E-state index contributed by atoms with van der Waals surface area (Å²) in [5.41, 5.74) is 0.228. The van der Waals surface area contributed by atoms with Crippen molar-refractivity contribution >= 4 is 10.0 Å². The molecule has 0 heterocycles. The molecule has 20 heavy (non-hydrogen) atoms. The Morgan fingerprint density at radius 3 is 2.45 bits per heavy atom. The minimum absolute atomic E-state index is 0.0431. The zero-order chi connectivity index (χ0) is 14.8. The van der Waals surface area contributed by atoms with Crippen LogP contribution >= 0.6 is 0 Å². The van der Waals surface area contributed by atoms with Gasteiger partial charge < -0.3 is 4.74 Å². The molecule has 0 aromatic heterocycles. The van der Waals surface area contributed by atoms with Crippen molar-refractivity contribution in [1.82, 2.24) is 4.72 Å². The van der Waals surface area contributed by atoms with Crippen molar-refractivity contribution in [2.45, 2.75) is 51.0 Å². The first kappa shape index (κ1) is 15.3. The fourth-order valence-electron chi connectivity index (χ4n) is 2.71. The first-order valence-electron chi connectivity index (χ1n) is 7.08. The Labute approximate surface area is 121 Å². The van der Waals surface area contributed by atoms with Crippen LogP contribution in [0.25, 0.3) is 0 Å². The monoisotopic (exact) mass is 297 g/mol. The standard InChI is InChI=1S/C15H23NO3S/c1-4-19-13-5-7-14(8-6-13)20(17,18)16-12-9-10-15(2,3)11-12/h5-8,12,16H,4,9-11H2,1-3H3. The van der Waals surface area contributed by atoms with Crippen molar-refractivity contribution in [2.24, 2.45) is 5.41 Å². The third kappa shape index (κ3) is 3.73. The molecule has 0 saturated heterocycles. The van der Waals surface area contributed by atoms with Gasteiger partial charge in [0.2, 0.25) is 10.0 Å². The average molecular weight is 297 g/mol. The summed E-state index contributed by atoms with van der Waals surface area (Å²) in [6.07, 6.45) is 2.86. The normalized spacial score (nSPS) is 21.9. The third-order valence-electron chi connectivity index (χ3n) is 3.74. The van der Waals surface area contributed by atoms with Crippen LogP contribution in [-0.4, -0.2) is 21.1 Å². The van der Waals surface area contributed by atoms with Crippen molar-refractivity contribution in [3.05, 3.63) is 24.3 Å². The second kappa shape index (κ2) is 5.74. The van der Waals surface area contributed by atoms with Crippen LogP contribution in [0.2, 0.25) is 0 Å². The van der Waals surface area contributed by atoms with Crippen LogP contribution in [0.4, 0.5) is 0 Å². The first-order valence-corrected chi connectivity index (χ1v) is 8.56. The van der Waals surface area contributed by atoms with Gasteiger partial charge in [-0.1, -0.05) is 13.8 Å². The van der Waals surface area contributed by atoms with Crippen molar-refractivity contribution in [3.8, 4) is 5.75 Å². The highest BCUT2D eigenvalue weighted by Crippen LogP contribution is 2.37. The largest absolute Gasteiger partial charge is 0.494 e. The molecule has 0 radical (unpaired) electrons. The summed E-state index contributed by atoms with van der Waals surface area (Å²) in [7, 11) is -3.43. The second-order valence-corrected chi connectivity index (χ2v) is 7.84. The molecule has 1 aliphatic rings. The number of sulfonamides is 1. The molecule has 2 rings (SSSR count). The Kier molecular flexibility index (Phi) is 4.39. The Morgan fingerprint density at radius 1 is 1.30 bits per heavy atom. The minimum atomic E-state index is -3.43. The maximum Gasteiger partial charge on any atom is 0.240 e. The summed E-state index contributed by atoms with van der Waals surface area (Å²) in [4.78, 5) is 0.297. The van der Waals surface area contributed by atoms with Crippen LogP contribution in [0.5, 0.6) is 5.75 Å². The van der Waals surface area contributed by atoms with Gasteiger partial charge in [-0.25, -0.2) is 13.1 Å². The maximum absolute atomic E-state index is 12.3. The molecule has 1 aliphatic carbocycles. The van der Waals surface area contributed by atoms with E-state index in [1.54, 1.807) is 24.3 Å². The van der Waals surface area contributed by atoms with Crippen molar-refractivity contribution < 1.29 is 13.2 Å². The van der Waals surface area contributed by atoms with Crippen molar-refractivity contribution in [2.75, 3.05) is 6.61 Å². The van der Waals surface area contributed by atoms with Crippen LogP contribution in [0.3, 0.4) is 0 Å². The molecule has 1 unspecified atom stereocenters. The Balaban J connectivity index is 2.07. The summed E-state index contributed by atoms with van der Waals surface area (Å²) in [6, 6.07) is 6.61. The van der Waals surface area contributed by atoms with Gasteiger partial charge in [-0.3, -0.25) is 0 Å². The predicted octanol–water partition coefficient (Wildman–Crippen LogP) is 2.94. The summed E-state index contributed by atoms with van der Waals surface area (Å²) < 4.78 is 32.8. The summed E-state index contributed by atoms with van der Waals surface area (Å²) in [5.74, 6) is 0.688. The van der Waals surface area contributed by atoms with E-state index in [4.69, 9.17) is 4.74 Å². The van der Waals surface area contributed by atoms with Crippen molar-refractivity contribution in [3.63, 3.8) is 0 Å². The van der Waals surface area contributed by atoms with E-state index in [9.17, 15) is 8.42 Å². The zero-order valence-electron chi connectivity index (χ0n) is 12.3. The molecule has 0 spiro atoms. The number of benzene rings is 1. The highest BCUT2D eigenvalue weighted by molar-refractivity contribution is 7.89. The van der Waals surface area contributed by atoms with E-state index in [0.717, 1.165) is 19.3 Å². The molecule has 0 amide bonds. The number of hydrogen-bond donors (Lipinski definition) is 1. The highest BCUT2D eigenvalue weighted by atomic mass is 32.2. The molecule has 1 atom stereocenters. The lowest BCUT2D eigenvalue weighted by Gasteiger charge is -2.18. The molecule has 4 nitrogen and oxygen atoms in total. The Morgan fingerprint density at radius 2 is 1.95 bits per heavy atom. The number of hydrogen-bond acceptors (Lipinski definition) is 3. The van der Waals surface area contributed by atoms with E-state index >= 15 is 0 Å². The lowest BCUT2D eigenvalue weighted by Crippen LogP contribution is -2.33. The molecule has 1 aromatic carbocycles. The van der Waals surface area contributed by atoms with E-state index < -0.39 is 10.0 Å². The molecular formula is C15H23NO3S. The zero-order valence-corrected chi connectivity index (χ0v) is 13.2. The van der Waals surface area contributed by atoms with Gasteiger partial charge >= 0.3 is 0 Å².